The molecule has 0 spiro atoms. The molecule has 46 heavy (non-hydrogen) atoms. The minimum Gasteiger partial charge on any atom is -0.469 e. The second kappa shape index (κ2) is 13.0. The number of nitrogens with one attached hydrogen (secondary N) is 2. The Balaban J connectivity index is 1.94. The summed E-state index contributed by atoms with van der Waals surface area (Å²) in [5.74, 6) is -0.762. The van der Waals surface area contributed by atoms with Crippen LogP contribution in [0.5, 0.6) is 0 Å². The highest BCUT2D eigenvalue weighted by atomic mass is 32.2. The molecule has 242 valence electrons. The largest absolute Gasteiger partial charge is 0.469 e. The molecule has 3 aromatic heterocycles. The molecule has 0 radical (unpaired) electrons. The van der Waals surface area contributed by atoms with E-state index in [1.807, 2.05) is 19.9 Å². The van der Waals surface area contributed by atoms with Crippen LogP contribution in [0.1, 0.15) is 72.6 Å². The van der Waals surface area contributed by atoms with E-state index in [1.165, 1.54) is 20.3 Å². The van der Waals surface area contributed by atoms with Crippen molar-refractivity contribution < 1.29 is 35.9 Å². The van der Waals surface area contributed by atoms with Gasteiger partial charge in [0.05, 0.1) is 52.3 Å². The normalized spacial score (nSPS) is 13.2. The van der Waals surface area contributed by atoms with E-state index >= 15 is 0 Å². The van der Waals surface area contributed by atoms with E-state index in [0.29, 0.717) is 57.6 Å². The summed E-state index contributed by atoms with van der Waals surface area (Å²) in [5, 5.41) is 0. The first-order valence-electron chi connectivity index (χ1n) is 14.4. The number of thiol groups is 2. The summed E-state index contributed by atoms with van der Waals surface area (Å²) in [4.78, 5) is 40.4. The SMILES string of the molecule is COC(=O)CCC1=C(C)c2cc3[nH]c(cc4nc(cc5[nH]c(cc1n2)c(CCC(=O)OC)c5C)C(C)=C4[SH](=O)=O)c(C)c3[SH](=O)=O. The van der Waals surface area contributed by atoms with E-state index in [1.54, 1.807) is 26.0 Å². The van der Waals surface area contributed by atoms with Gasteiger partial charge < -0.3 is 19.4 Å². The smallest absolute Gasteiger partial charge is 0.305 e. The molecule has 0 amide bonds. The van der Waals surface area contributed by atoms with Crippen molar-refractivity contribution in [1.29, 1.82) is 0 Å². The lowest BCUT2D eigenvalue weighted by Gasteiger charge is -2.04. The van der Waals surface area contributed by atoms with Crippen LogP contribution >= 0.6 is 0 Å². The quantitative estimate of drug-likeness (QED) is 0.199. The van der Waals surface area contributed by atoms with Gasteiger partial charge >= 0.3 is 11.9 Å². The summed E-state index contributed by atoms with van der Waals surface area (Å²) in [6.07, 6.45) is 0.893. The van der Waals surface area contributed by atoms with E-state index < -0.39 is 21.4 Å². The number of hydrogen-bond donors (Lipinski definition) is 4. The van der Waals surface area contributed by atoms with Gasteiger partial charge in [0.1, 0.15) is 0 Å². The molecule has 0 unspecified atom stereocenters. The van der Waals surface area contributed by atoms with E-state index in [4.69, 9.17) is 14.5 Å². The molecule has 12 nitrogen and oxygen atoms in total. The summed E-state index contributed by atoms with van der Waals surface area (Å²) >= 11 is 0. The Bertz CT molecular complexity index is 2180. The lowest BCUT2D eigenvalue weighted by Crippen LogP contribution is -2.02. The van der Waals surface area contributed by atoms with Gasteiger partial charge in [0.15, 0.2) is 21.4 Å². The van der Waals surface area contributed by atoms with Crippen molar-refractivity contribution in [2.45, 2.75) is 58.3 Å². The van der Waals surface area contributed by atoms with Gasteiger partial charge in [-0.3, -0.25) is 9.59 Å². The molecular weight excluding hydrogens is 633 g/mol. The Morgan fingerprint density at radius 2 is 1.17 bits per heavy atom. The molecule has 0 aromatic carbocycles. The van der Waals surface area contributed by atoms with Gasteiger partial charge in [-0.05, 0) is 98.2 Å². The molecule has 3 aromatic rings. The highest BCUT2D eigenvalue weighted by molar-refractivity contribution is 7.83. The maximum Gasteiger partial charge on any atom is 0.305 e. The van der Waals surface area contributed by atoms with Crippen molar-refractivity contribution in [2.75, 3.05) is 14.2 Å². The zero-order valence-corrected chi connectivity index (χ0v) is 28.0. The summed E-state index contributed by atoms with van der Waals surface area (Å²) in [6, 6.07) is 6.76. The molecule has 2 aliphatic rings. The van der Waals surface area contributed by atoms with Crippen molar-refractivity contribution in [2.24, 2.45) is 0 Å². The standard InChI is InChI=1S/C32H34N4O8S2/c1-15-19(7-9-29(37)43-5)25-14-26-20(8-10-30(38)44-6)16(2)22(34-26)12-27-32(46(41)42)18(4)24(36-27)13-28-31(45(39)40)17(3)23(35-28)11-21(15)33-25/h11-14,33,36,45-46H,7-10H2,1-6H3. The number of esters is 2. The molecule has 14 heteroatoms. The van der Waals surface area contributed by atoms with Crippen LogP contribution in [0.2, 0.25) is 0 Å². The van der Waals surface area contributed by atoms with E-state index in [9.17, 15) is 26.4 Å². The van der Waals surface area contributed by atoms with Crippen molar-refractivity contribution in [1.82, 2.24) is 19.9 Å². The highest BCUT2D eigenvalue weighted by Gasteiger charge is 2.23. The molecule has 2 N–H and O–H groups in total. The number of allylic oxidation sites excluding steroid dienone is 3. The number of H-pyrrole nitrogens is 2. The predicted molar refractivity (Wildman–Crippen MR) is 176 cm³/mol. The van der Waals surface area contributed by atoms with Crippen molar-refractivity contribution in [3.05, 3.63) is 63.7 Å². The van der Waals surface area contributed by atoms with Crippen LogP contribution < -0.4 is 0 Å². The van der Waals surface area contributed by atoms with Crippen molar-refractivity contribution >= 4 is 77.0 Å². The maximum absolute atomic E-state index is 12.5. The van der Waals surface area contributed by atoms with E-state index in [0.717, 1.165) is 22.3 Å². The maximum atomic E-state index is 12.5. The lowest BCUT2D eigenvalue weighted by molar-refractivity contribution is -0.141. The van der Waals surface area contributed by atoms with Crippen LogP contribution in [0.3, 0.4) is 0 Å². The van der Waals surface area contributed by atoms with Gasteiger partial charge in [0.25, 0.3) is 0 Å². The minimum atomic E-state index is -3.05. The fourth-order valence-electron chi connectivity index (χ4n) is 5.84. The number of aromatic nitrogens is 4. The molecule has 0 atom stereocenters. The molecule has 0 saturated heterocycles. The van der Waals surface area contributed by atoms with Gasteiger partial charge in [-0.1, -0.05) is 0 Å². The van der Waals surface area contributed by atoms with Crippen LogP contribution in [0.15, 0.2) is 29.2 Å². The van der Waals surface area contributed by atoms with Gasteiger partial charge in [-0.25, -0.2) is 26.8 Å². The number of ether oxygens (including phenoxy) is 2. The highest BCUT2D eigenvalue weighted by Crippen LogP contribution is 2.36. The molecular formula is C32H34N4O8S2. The Morgan fingerprint density at radius 1 is 0.652 bits per heavy atom. The molecule has 0 fully saturated rings. The van der Waals surface area contributed by atoms with Crippen LogP contribution in [-0.2, 0) is 46.9 Å². The number of carbonyl (C=O) groups excluding carboxylic acids is 2. The van der Waals surface area contributed by atoms with Crippen LogP contribution in [0.4, 0.5) is 0 Å². The number of aryl methyl sites for hydroxylation is 3. The Hall–Kier alpha value is -4.56. The second-order valence-corrected chi connectivity index (χ2v) is 13.0. The lowest BCUT2D eigenvalue weighted by atomic mass is 10.0. The zero-order valence-electron chi connectivity index (χ0n) is 26.2. The number of methoxy groups -OCH3 is 2. The third kappa shape index (κ3) is 6.14. The number of nitrogens with zero attached hydrogens (tertiary/aromatic N) is 2. The van der Waals surface area contributed by atoms with Crippen LogP contribution in [0, 0.1) is 13.8 Å². The molecule has 0 saturated carbocycles. The first-order chi connectivity index (χ1) is 21.8. The third-order valence-corrected chi connectivity index (χ3v) is 10.3. The average Bonchev–Trinajstić information content (AvgIpc) is 3.67. The van der Waals surface area contributed by atoms with Crippen molar-refractivity contribution in [3.63, 3.8) is 0 Å². The molecule has 2 aliphatic heterocycles. The first-order valence-corrected chi connectivity index (χ1v) is 16.8. The average molecular weight is 667 g/mol. The monoisotopic (exact) mass is 666 g/mol. The fourth-order valence-corrected chi connectivity index (χ4v) is 7.24. The predicted octanol–water partition coefficient (Wildman–Crippen LogP) is 4.39. The summed E-state index contributed by atoms with van der Waals surface area (Å²) in [5.41, 5.74) is 7.66. The summed E-state index contributed by atoms with van der Waals surface area (Å²) in [6.45, 7) is 7.06. The van der Waals surface area contributed by atoms with E-state index in [-0.39, 0.29) is 45.8 Å². The van der Waals surface area contributed by atoms with E-state index in [2.05, 4.69) is 15.0 Å². The first kappa shape index (κ1) is 32.8. The number of aromatic amines is 2. The van der Waals surface area contributed by atoms with Gasteiger partial charge in [0, 0.05) is 29.4 Å². The van der Waals surface area contributed by atoms with Crippen LogP contribution in [0.25, 0.3) is 43.7 Å². The number of hydrogen-bond acceptors (Lipinski definition) is 10. The molecule has 0 aliphatic carbocycles. The topological polar surface area (TPSA) is 178 Å². The third-order valence-electron chi connectivity index (χ3n) is 8.45. The Kier molecular flexibility index (Phi) is 9.31. The number of carbonyl (C=O) groups is 2. The summed E-state index contributed by atoms with van der Waals surface area (Å²) < 4.78 is 59.6. The zero-order chi connectivity index (χ0) is 33.4. The van der Waals surface area contributed by atoms with Gasteiger partial charge in [-0.15, -0.1) is 0 Å². The summed E-state index contributed by atoms with van der Waals surface area (Å²) in [7, 11) is -3.44. The molecule has 8 bridgehead atoms. The van der Waals surface area contributed by atoms with Gasteiger partial charge in [-0.2, -0.15) is 0 Å². The Labute approximate surface area is 268 Å². The minimum absolute atomic E-state index is 0.0353. The van der Waals surface area contributed by atoms with Gasteiger partial charge in [0.2, 0.25) is 0 Å². The molecule has 5 rings (SSSR count). The fraction of sp³-hybridized carbons (Fsp3) is 0.312. The van der Waals surface area contributed by atoms with Crippen LogP contribution in [-0.4, -0.2) is 62.9 Å². The van der Waals surface area contributed by atoms with Crippen molar-refractivity contribution in [3.8, 4) is 0 Å². The number of rotatable bonds is 8. The molecule has 5 heterocycles. The second-order valence-electron chi connectivity index (χ2n) is 11.1. The Morgan fingerprint density at radius 3 is 1.80 bits per heavy atom. The number of fused-ring (bicyclic) bond motifs is 8.